The fraction of sp³-hybridized carbons (Fsp3) is 0.606. The van der Waals surface area contributed by atoms with Crippen LogP contribution in [0, 0.1) is 0 Å². The van der Waals surface area contributed by atoms with Crippen LogP contribution in [0.1, 0.15) is 58.3 Å². The van der Waals surface area contributed by atoms with Crippen LogP contribution in [0.2, 0.25) is 0 Å². The zero-order chi connectivity index (χ0) is 28.0. The molecule has 4 rings (SSSR count). The predicted octanol–water partition coefficient (Wildman–Crippen LogP) is 6.44. The van der Waals surface area contributed by atoms with E-state index in [1.165, 1.54) is 25.8 Å². The number of likely N-dealkylation sites (tertiary alicyclic amines) is 2. The van der Waals surface area contributed by atoms with E-state index in [4.69, 9.17) is 14.2 Å². The quantitative estimate of drug-likeness (QED) is 0.257. The van der Waals surface area contributed by atoms with Gasteiger partial charge in [0.05, 0.1) is 12.3 Å². The summed E-state index contributed by atoms with van der Waals surface area (Å²) in [7, 11) is 1.80. The largest absolute Gasteiger partial charge is 0.443 e. The molecule has 40 heavy (non-hydrogen) atoms. The minimum atomic E-state index is -0.440. The summed E-state index contributed by atoms with van der Waals surface area (Å²) in [6.45, 7) is 9.98. The van der Waals surface area contributed by atoms with Crippen LogP contribution in [0.3, 0.4) is 0 Å². The zero-order valence-electron chi connectivity index (χ0n) is 24.6. The molecule has 0 saturated carbocycles. The molecule has 0 bridgehead atoms. The van der Waals surface area contributed by atoms with E-state index in [0.717, 1.165) is 94.9 Å². The molecule has 7 heteroatoms. The summed E-state index contributed by atoms with van der Waals surface area (Å²) in [6.07, 6.45) is 8.45. The number of nitrogens with one attached hydrogen (secondary N) is 1. The van der Waals surface area contributed by atoms with Crippen LogP contribution in [-0.2, 0) is 14.2 Å². The van der Waals surface area contributed by atoms with E-state index >= 15 is 0 Å². The van der Waals surface area contributed by atoms with E-state index in [1.54, 1.807) is 7.11 Å². The molecule has 220 valence electrons. The smallest absolute Gasteiger partial charge is 0.412 e. The Balaban J connectivity index is 1.05. The van der Waals surface area contributed by atoms with Gasteiger partial charge in [-0.3, -0.25) is 10.2 Å². The molecule has 1 N–H and O–H groups in total. The summed E-state index contributed by atoms with van der Waals surface area (Å²) in [4.78, 5) is 17.9. The van der Waals surface area contributed by atoms with E-state index in [2.05, 4.69) is 22.0 Å². The summed E-state index contributed by atoms with van der Waals surface area (Å²) in [6, 6.07) is 18.6. The minimum absolute atomic E-state index is 0.383. The molecule has 2 fully saturated rings. The lowest BCUT2D eigenvalue weighted by Crippen LogP contribution is -2.46. The van der Waals surface area contributed by atoms with Gasteiger partial charge in [0.25, 0.3) is 0 Å². The number of rotatable bonds is 15. The molecule has 0 aliphatic carbocycles. The Kier molecular flexibility index (Phi) is 12.3. The molecule has 2 aromatic rings. The number of methoxy groups -OCH3 is 1. The van der Waals surface area contributed by atoms with Gasteiger partial charge in [0.15, 0.2) is 0 Å². The Morgan fingerprint density at radius 1 is 0.925 bits per heavy atom. The first-order valence-electron chi connectivity index (χ1n) is 15.2. The number of carbonyl (C=O) groups is 1. The number of amides is 1. The lowest BCUT2D eigenvalue weighted by atomic mass is 9.93. The van der Waals surface area contributed by atoms with E-state index in [1.807, 2.05) is 54.6 Å². The van der Waals surface area contributed by atoms with Crippen molar-refractivity contribution in [3.8, 4) is 11.1 Å². The van der Waals surface area contributed by atoms with Gasteiger partial charge in [-0.1, -0.05) is 48.5 Å². The highest BCUT2D eigenvalue weighted by Crippen LogP contribution is 2.30. The number of para-hydroxylation sites is 1. The van der Waals surface area contributed by atoms with Crippen LogP contribution in [0.15, 0.2) is 54.6 Å². The molecule has 1 atom stereocenters. The first-order chi connectivity index (χ1) is 19.6. The number of ether oxygens (including phenoxy) is 3. The maximum atomic E-state index is 12.8. The molecule has 2 aliphatic rings. The van der Waals surface area contributed by atoms with Crippen molar-refractivity contribution in [2.75, 3.05) is 65.0 Å². The van der Waals surface area contributed by atoms with Crippen LogP contribution >= 0.6 is 0 Å². The van der Waals surface area contributed by atoms with Gasteiger partial charge in [-0.05, 0) is 89.6 Å². The molecule has 2 aliphatic heterocycles. The van der Waals surface area contributed by atoms with Gasteiger partial charge in [-0.25, -0.2) is 4.79 Å². The molecule has 1 amide bonds. The first kappa shape index (κ1) is 30.5. The Hall–Kier alpha value is -2.45. The Labute approximate surface area is 241 Å². The van der Waals surface area contributed by atoms with Gasteiger partial charge in [-0.2, -0.15) is 0 Å². The van der Waals surface area contributed by atoms with Gasteiger partial charge in [0.2, 0.25) is 0 Å². The second-order valence-electron chi connectivity index (χ2n) is 11.5. The molecule has 0 spiro atoms. The third-order valence-corrected chi connectivity index (χ3v) is 8.36. The zero-order valence-corrected chi connectivity index (χ0v) is 24.6. The fourth-order valence-corrected chi connectivity index (χ4v) is 5.90. The molecule has 2 heterocycles. The average Bonchev–Trinajstić information content (AvgIpc) is 3.41. The lowest BCUT2D eigenvalue weighted by molar-refractivity contribution is -0.0166. The molecule has 2 saturated heterocycles. The lowest BCUT2D eigenvalue weighted by Gasteiger charge is -2.38. The van der Waals surface area contributed by atoms with Crippen LogP contribution in [0.25, 0.3) is 11.1 Å². The number of benzene rings is 2. The molecular weight excluding hydrogens is 502 g/mol. The summed E-state index contributed by atoms with van der Waals surface area (Å²) in [5.41, 5.74) is 2.38. The third kappa shape index (κ3) is 9.58. The number of hydrogen-bond donors (Lipinski definition) is 1. The summed E-state index contributed by atoms with van der Waals surface area (Å²) < 4.78 is 17.2. The normalized spacial score (nSPS) is 19.5. The highest BCUT2D eigenvalue weighted by atomic mass is 16.6. The molecule has 0 radical (unpaired) electrons. The highest BCUT2D eigenvalue weighted by Gasteiger charge is 2.33. The van der Waals surface area contributed by atoms with Crippen molar-refractivity contribution >= 4 is 11.8 Å². The number of unbranched alkanes of at least 4 members (excludes halogenated alkanes) is 2. The Morgan fingerprint density at radius 2 is 1.62 bits per heavy atom. The second-order valence-corrected chi connectivity index (χ2v) is 11.5. The number of hydrogen-bond acceptors (Lipinski definition) is 6. The number of piperidine rings is 1. The molecular formula is C33H49N3O4. The first-order valence-corrected chi connectivity index (χ1v) is 15.2. The van der Waals surface area contributed by atoms with E-state index in [9.17, 15) is 4.79 Å². The van der Waals surface area contributed by atoms with Crippen molar-refractivity contribution < 1.29 is 19.0 Å². The molecule has 0 unspecified atom stereocenters. The van der Waals surface area contributed by atoms with Crippen molar-refractivity contribution in [3.63, 3.8) is 0 Å². The SMILES string of the molecule is COC[C@@H]1CCCN1CCCCOCCCCN1CCC(C)(OC(=O)Nc2ccccc2-c2ccccc2)CC1. The monoisotopic (exact) mass is 551 g/mol. The van der Waals surface area contributed by atoms with Crippen LogP contribution < -0.4 is 5.32 Å². The topological polar surface area (TPSA) is 63.3 Å². The van der Waals surface area contributed by atoms with Crippen LogP contribution in [-0.4, -0.2) is 87.2 Å². The van der Waals surface area contributed by atoms with Crippen molar-refractivity contribution in [3.05, 3.63) is 54.6 Å². The second kappa shape index (κ2) is 16.1. The fourth-order valence-electron chi connectivity index (χ4n) is 5.90. The summed E-state index contributed by atoms with van der Waals surface area (Å²) in [5.74, 6) is 0. The van der Waals surface area contributed by atoms with Gasteiger partial charge in [0.1, 0.15) is 5.60 Å². The van der Waals surface area contributed by atoms with E-state index in [-0.39, 0.29) is 6.09 Å². The Morgan fingerprint density at radius 3 is 2.38 bits per heavy atom. The Bertz CT molecular complexity index is 1010. The molecule has 2 aromatic carbocycles. The number of anilines is 1. The van der Waals surface area contributed by atoms with Crippen molar-refractivity contribution in [2.24, 2.45) is 0 Å². The highest BCUT2D eigenvalue weighted by molar-refractivity contribution is 5.91. The summed E-state index contributed by atoms with van der Waals surface area (Å²) >= 11 is 0. The predicted molar refractivity (Wildman–Crippen MR) is 162 cm³/mol. The van der Waals surface area contributed by atoms with Crippen LogP contribution in [0.5, 0.6) is 0 Å². The maximum absolute atomic E-state index is 12.8. The standard InChI is InChI=1S/C33H49N3O4/c1-33(40-32(37)34-31-17-7-6-16-30(31)28-13-4-3-5-14-28)18-23-35(24-19-33)20-8-10-25-39-26-11-9-21-36-22-12-15-29(36)27-38-2/h3-7,13-14,16-17,29H,8-12,15,18-27H2,1-2H3,(H,34,37)/t29-/m0/s1. The van der Waals surface area contributed by atoms with Crippen molar-refractivity contribution in [1.82, 2.24) is 9.80 Å². The van der Waals surface area contributed by atoms with Crippen molar-refractivity contribution in [1.29, 1.82) is 0 Å². The third-order valence-electron chi connectivity index (χ3n) is 8.36. The van der Waals surface area contributed by atoms with Gasteiger partial charge in [-0.15, -0.1) is 0 Å². The van der Waals surface area contributed by atoms with Gasteiger partial charge < -0.3 is 19.1 Å². The van der Waals surface area contributed by atoms with E-state index in [0.29, 0.717) is 6.04 Å². The molecule has 7 nitrogen and oxygen atoms in total. The molecule has 0 aromatic heterocycles. The van der Waals surface area contributed by atoms with E-state index < -0.39 is 5.60 Å². The maximum Gasteiger partial charge on any atom is 0.412 e. The van der Waals surface area contributed by atoms with Crippen LogP contribution in [0.4, 0.5) is 10.5 Å². The van der Waals surface area contributed by atoms with Gasteiger partial charge >= 0.3 is 6.09 Å². The average molecular weight is 552 g/mol. The number of nitrogens with zero attached hydrogens (tertiary/aromatic N) is 2. The summed E-state index contributed by atoms with van der Waals surface area (Å²) in [5, 5.41) is 2.98. The van der Waals surface area contributed by atoms with Gasteiger partial charge in [0, 0.05) is 45.0 Å². The van der Waals surface area contributed by atoms with Crippen molar-refractivity contribution in [2.45, 2.75) is 69.9 Å². The number of carbonyl (C=O) groups excluding carboxylic acids is 1. The minimum Gasteiger partial charge on any atom is -0.443 e.